The molecule has 0 aliphatic heterocycles. The van der Waals surface area contributed by atoms with Gasteiger partial charge in [0.15, 0.2) is 17.3 Å². The molecule has 0 N–H and O–H groups in total. The molecule has 290 valence electrons. The van der Waals surface area contributed by atoms with Crippen LogP contribution in [0.2, 0.25) is 0 Å². The summed E-state index contributed by atoms with van der Waals surface area (Å²) in [7, 11) is 0. The van der Waals surface area contributed by atoms with Gasteiger partial charge < -0.3 is 4.57 Å². The van der Waals surface area contributed by atoms with Crippen molar-refractivity contribution in [3.63, 3.8) is 0 Å². The van der Waals surface area contributed by atoms with Gasteiger partial charge in [-0.05, 0) is 77.9 Å². The predicted octanol–water partition coefficient (Wildman–Crippen LogP) is 12.7. The highest BCUT2D eigenvalue weighted by Gasteiger charge is 2.26. The molecule has 5 aromatic heterocycles. The lowest BCUT2D eigenvalue weighted by atomic mass is 10.0. The summed E-state index contributed by atoms with van der Waals surface area (Å²) in [4.78, 5) is 21.0. The lowest BCUT2D eigenvalue weighted by Gasteiger charge is -2.11. The van der Waals surface area contributed by atoms with Crippen LogP contribution in [0.5, 0.6) is 0 Å². The molecule has 0 fully saturated rings. The van der Waals surface area contributed by atoms with E-state index in [-0.39, 0.29) is 0 Å². The second-order valence-corrected chi connectivity index (χ2v) is 15.6. The zero-order valence-electron chi connectivity index (χ0n) is 33.2. The molecule has 0 radical (unpaired) electrons. The monoisotopic (exact) mass is 794 g/mol. The van der Waals surface area contributed by atoms with Crippen LogP contribution in [0.25, 0.3) is 112 Å². The predicted molar refractivity (Wildman–Crippen MR) is 250 cm³/mol. The first-order chi connectivity index (χ1) is 30.8. The smallest absolute Gasteiger partial charge is 0.240 e. The van der Waals surface area contributed by atoms with Gasteiger partial charge in [-0.2, -0.15) is 15.0 Å². The number of imidazole rings is 2. The molecule has 0 amide bonds. The number of para-hydroxylation sites is 5. The number of benzene rings is 8. The molecule has 8 heteroatoms. The first-order valence-corrected chi connectivity index (χ1v) is 20.7. The average Bonchev–Trinajstić information content (AvgIpc) is 4.07. The van der Waals surface area contributed by atoms with E-state index in [1.807, 2.05) is 66.7 Å². The summed E-state index contributed by atoms with van der Waals surface area (Å²) in [5.74, 6) is 2.48. The van der Waals surface area contributed by atoms with Crippen LogP contribution in [-0.4, -0.2) is 38.0 Å². The first-order valence-electron chi connectivity index (χ1n) is 20.7. The number of aromatic nitrogens is 8. The van der Waals surface area contributed by atoms with Crippen LogP contribution in [0.1, 0.15) is 0 Å². The lowest BCUT2D eigenvalue weighted by Crippen LogP contribution is -2.06. The van der Waals surface area contributed by atoms with E-state index in [4.69, 9.17) is 19.9 Å². The maximum Gasteiger partial charge on any atom is 0.240 e. The number of nitrogens with zero attached hydrogens (tertiary/aromatic N) is 8. The molecular weight excluding hydrogens is 761 g/mol. The molecule has 8 aromatic carbocycles. The van der Waals surface area contributed by atoms with Crippen molar-refractivity contribution in [2.24, 2.45) is 0 Å². The third kappa shape index (κ3) is 5.13. The van der Waals surface area contributed by atoms with Crippen LogP contribution in [0.4, 0.5) is 0 Å². The van der Waals surface area contributed by atoms with Crippen molar-refractivity contribution in [3.8, 4) is 51.2 Å². The molecule has 0 spiro atoms. The zero-order valence-corrected chi connectivity index (χ0v) is 33.2. The van der Waals surface area contributed by atoms with E-state index >= 15 is 0 Å². The minimum atomic E-state index is 0.497. The minimum Gasteiger partial charge on any atom is -0.309 e. The van der Waals surface area contributed by atoms with Crippen LogP contribution in [0.3, 0.4) is 0 Å². The maximum atomic E-state index is 5.54. The van der Waals surface area contributed by atoms with E-state index in [0.717, 1.165) is 72.5 Å². The van der Waals surface area contributed by atoms with Crippen LogP contribution in [0.15, 0.2) is 206 Å². The third-order valence-corrected chi connectivity index (χ3v) is 12.0. The van der Waals surface area contributed by atoms with Gasteiger partial charge in [0.05, 0.1) is 27.6 Å². The van der Waals surface area contributed by atoms with Crippen molar-refractivity contribution in [2.75, 3.05) is 0 Å². The summed E-state index contributed by atoms with van der Waals surface area (Å²) in [6.45, 7) is 0. The van der Waals surface area contributed by atoms with Gasteiger partial charge in [-0.15, -0.1) is 0 Å². The van der Waals surface area contributed by atoms with Gasteiger partial charge in [-0.3, -0.25) is 13.5 Å². The molecule has 62 heavy (non-hydrogen) atoms. The molecule has 0 unspecified atom stereocenters. The summed E-state index contributed by atoms with van der Waals surface area (Å²) in [5.41, 5.74) is 13.4. The summed E-state index contributed by atoms with van der Waals surface area (Å²) >= 11 is 0. The summed E-state index contributed by atoms with van der Waals surface area (Å²) < 4.78 is 9.01. The van der Waals surface area contributed by atoms with Crippen molar-refractivity contribution in [1.29, 1.82) is 0 Å². The Morgan fingerprint density at radius 3 is 1.42 bits per heavy atom. The summed E-state index contributed by atoms with van der Waals surface area (Å²) in [6, 6.07) is 72.0. The van der Waals surface area contributed by atoms with Crippen molar-refractivity contribution in [1.82, 2.24) is 38.0 Å². The standard InChI is InChI=1S/C54H34N8/c1-5-17-35(18-6-1)50-55-51(36-19-7-2-8-20-36)57-53(56-50)62-46-32-30-38(37-29-31-45-42(33-37)41-25-13-14-26-44(41)59(45)39-21-9-3-10-22-39)34-43(46)49-52(62)58-54-60(40-23-11-4-12-24-40)47-27-15-16-28-48(47)61(49)54/h1-34H. The first kappa shape index (κ1) is 34.3. The number of fused-ring (bicyclic) bond motifs is 10. The Morgan fingerprint density at radius 1 is 0.306 bits per heavy atom. The van der Waals surface area contributed by atoms with Gasteiger partial charge in [0.2, 0.25) is 11.7 Å². The number of hydrogen-bond acceptors (Lipinski definition) is 4. The Morgan fingerprint density at radius 2 is 0.790 bits per heavy atom. The van der Waals surface area contributed by atoms with E-state index < -0.39 is 0 Å². The van der Waals surface area contributed by atoms with E-state index in [1.54, 1.807) is 0 Å². The van der Waals surface area contributed by atoms with Crippen LogP contribution < -0.4 is 0 Å². The van der Waals surface area contributed by atoms with Gasteiger partial charge in [0.1, 0.15) is 5.52 Å². The highest BCUT2D eigenvalue weighted by molar-refractivity contribution is 6.13. The molecular formula is C54H34N8. The van der Waals surface area contributed by atoms with Gasteiger partial charge in [-0.1, -0.05) is 140 Å². The topological polar surface area (TPSA) is 70.8 Å². The zero-order chi connectivity index (χ0) is 40.7. The second kappa shape index (κ2) is 13.5. The Labute approximate surface area is 354 Å². The summed E-state index contributed by atoms with van der Waals surface area (Å²) in [5, 5.41) is 3.46. The third-order valence-electron chi connectivity index (χ3n) is 12.0. The van der Waals surface area contributed by atoms with Crippen molar-refractivity contribution >= 4 is 60.7 Å². The molecule has 13 rings (SSSR count). The van der Waals surface area contributed by atoms with Gasteiger partial charge >= 0.3 is 0 Å². The van der Waals surface area contributed by atoms with Crippen LogP contribution in [-0.2, 0) is 0 Å². The van der Waals surface area contributed by atoms with Crippen LogP contribution >= 0.6 is 0 Å². The second-order valence-electron chi connectivity index (χ2n) is 15.6. The van der Waals surface area contributed by atoms with E-state index in [1.165, 1.54) is 21.8 Å². The molecule has 0 saturated carbocycles. The van der Waals surface area contributed by atoms with Gasteiger partial charge in [0, 0.05) is 38.7 Å². The molecule has 8 nitrogen and oxygen atoms in total. The van der Waals surface area contributed by atoms with Crippen LogP contribution in [0, 0.1) is 0 Å². The normalized spacial score (nSPS) is 11.9. The van der Waals surface area contributed by atoms with Crippen molar-refractivity contribution in [3.05, 3.63) is 206 Å². The van der Waals surface area contributed by atoms with Crippen molar-refractivity contribution in [2.45, 2.75) is 0 Å². The molecule has 5 heterocycles. The molecule has 0 bridgehead atoms. The maximum absolute atomic E-state index is 5.54. The number of hydrogen-bond donors (Lipinski definition) is 0. The molecule has 0 aliphatic carbocycles. The number of rotatable bonds is 6. The highest BCUT2D eigenvalue weighted by atomic mass is 15.3. The summed E-state index contributed by atoms with van der Waals surface area (Å²) in [6.07, 6.45) is 0. The lowest BCUT2D eigenvalue weighted by molar-refractivity contribution is 0.945. The quantitative estimate of drug-likeness (QED) is 0.168. The fraction of sp³-hybridized carbons (Fsp3) is 0. The molecule has 0 aliphatic rings. The SMILES string of the molecule is c1ccc(-c2nc(-c3ccccc3)nc(-n3c4ccc(-c5ccc6c(c5)c5ccccc5n6-c5ccccc5)cc4c4c3nc3n(-c5ccccc5)c5ccccc5n43)n2)cc1. The Kier molecular flexibility index (Phi) is 7.43. The van der Waals surface area contributed by atoms with Gasteiger partial charge in [0.25, 0.3) is 0 Å². The molecule has 0 saturated heterocycles. The fourth-order valence-corrected chi connectivity index (χ4v) is 9.28. The Hall–Kier alpha value is -8.62. The van der Waals surface area contributed by atoms with E-state index in [0.29, 0.717) is 17.6 Å². The highest BCUT2D eigenvalue weighted by Crippen LogP contribution is 2.40. The van der Waals surface area contributed by atoms with Gasteiger partial charge in [-0.25, -0.2) is 4.98 Å². The molecule has 0 atom stereocenters. The van der Waals surface area contributed by atoms with E-state index in [2.05, 4.69) is 158 Å². The fourth-order valence-electron chi connectivity index (χ4n) is 9.28. The minimum absolute atomic E-state index is 0.497. The average molecular weight is 795 g/mol. The Balaban J connectivity index is 1.11. The molecule has 13 aromatic rings. The Bertz CT molecular complexity index is 3790. The van der Waals surface area contributed by atoms with E-state index in [9.17, 15) is 0 Å². The van der Waals surface area contributed by atoms with Crippen molar-refractivity contribution < 1.29 is 0 Å². The largest absolute Gasteiger partial charge is 0.309 e.